The van der Waals surface area contributed by atoms with Crippen LogP contribution in [0.2, 0.25) is 0 Å². The maximum absolute atomic E-state index is 8.24. The number of piperazine rings is 1. The van der Waals surface area contributed by atoms with Crippen molar-refractivity contribution in [3.8, 4) is 0 Å². The van der Waals surface area contributed by atoms with Gasteiger partial charge >= 0.3 is 0 Å². The fourth-order valence-corrected chi connectivity index (χ4v) is 2.56. The quantitative estimate of drug-likeness (QED) is 0.358. The summed E-state index contributed by atoms with van der Waals surface area (Å²) >= 11 is 0. The molecule has 0 bridgehead atoms. The summed E-state index contributed by atoms with van der Waals surface area (Å²) in [5.41, 5.74) is 12.3. The first-order valence-electron chi connectivity index (χ1n) is 7.26. The van der Waals surface area contributed by atoms with Gasteiger partial charge in [0.2, 0.25) is 0 Å². The molecular weight excluding hydrogens is 250 g/mol. The van der Waals surface area contributed by atoms with Gasteiger partial charge in [0.15, 0.2) is 0 Å². The smallest absolute Gasteiger partial charge is 0.0369 e. The van der Waals surface area contributed by atoms with E-state index in [0.717, 1.165) is 39.1 Å². The summed E-state index contributed by atoms with van der Waals surface area (Å²) in [6.07, 6.45) is 0.952. The largest absolute Gasteiger partial charge is 0.369 e. The molecule has 0 N–H and O–H groups in total. The van der Waals surface area contributed by atoms with Gasteiger partial charge in [-0.2, -0.15) is 0 Å². The van der Waals surface area contributed by atoms with Gasteiger partial charge in [-0.25, -0.2) is 0 Å². The number of nitrogens with zero attached hydrogens (tertiary/aromatic N) is 5. The van der Waals surface area contributed by atoms with Gasteiger partial charge < -0.3 is 4.90 Å². The van der Waals surface area contributed by atoms with Crippen molar-refractivity contribution in [2.75, 3.05) is 44.2 Å². The highest BCUT2D eigenvalue weighted by Gasteiger charge is 2.16. The van der Waals surface area contributed by atoms with Gasteiger partial charge in [0, 0.05) is 43.3 Å². The molecule has 0 unspecified atom stereocenters. The zero-order valence-electron chi connectivity index (χ0n) is 12.4. The molecule has 2 rings (SSSR count). The molecule has 1 aromatic carbocycles. The first-order chi connectivity index (χ1) is 9.70. The third-order valence-electron chi connectivity index (χ3n) is 4.02. The summed E-state index contributed by atoms with van der Waals surface area (Å²) < 4.78 is 0. The third kappa shape index (κ3) is 3.89. The van der Waals surface area contributed by atoms with Crippen molar-refractivity contribution in [3.05, 3.63) is 39.8 Å². The average molecular weight is 273 g/mol. The number of hydrogen-bond donors (Lipinski definition) is 0. The van der Waals surface area contributed by atoms with Crippen molar-refractivity contribution < 1.29 is 0 Å². The van der Waals surface area contributed by atoms with Crippen LogP contribution in [0.4, 0.5) is 5.69 Å². The molecule has 1 heterocycles. The monoisotopic (exact) mass is 273 g/mol. The van der Waals surface area contributed by atoms with Gasteiger partial charge in [-0.05, 0) is 55.6 Å². The molecule has 0 spiro atoms. The van der Waals surface area contributed by atoms with Gasteiger partial charge in [0.05, 0.1) is 0 Å². The molecule has 0 amide bonds. The minimum Gasteiger partial charge on any atom is -0.369 e. The van der Waals surface area contributed by atoms with E-state index in [4.69, 9.17) is 5.53 Å². The zero-order chi connectivity index (χ0) is 14.4. The first kappa shape index (κ1) is 14.7. The maximum Gasteiger partial charge on any atom is 0.0369 e. The fourth-order valence-electron chi connectivity index (χ4n) is 2.56. The van der Waals surface area contributed by atoms with E-state index in [1.54, 1.807) is 0 Å². The summed E-state index contributed by atoms with van der Waals surface area (Å²) in [6, 6.07) is 6.71. The van der Waals surface area contributed by atoms with E-state index >= 15 is 0 Å². The molecule has 0 saturated carbocycles. The Kier molecular flexibility index (Phi) is 5.27. The van der Waals surface area contributed by atoms with E-state index in [1.165, 1.54) is 16.8 Å². The Labute approximate surface area is 120 Å². The van der Waals surface area contributed by atoms with Crippen LogP contribution in [0.25, 0.3) is 10.4 Å². The molecule has 20 heavy (non-hydrogen) atoms. The Bertz CT molecular complexity index is 485. The lowest BCUT2D eigenvalue weighted by Gasteiger charge is -2.36. The Morgan fingerprint density at radius 1 is 1.15 bits per heavy atom. The lowest BCUT2D eigenvalue weighted by Crippen LogP contribution is -2.46. The average Bonchev–Trinajstić information content (AvgIpc) is 2.47. The molecule has 5 heteroatoms. The second kappa shape index (κ2) is 7.17. The lowest BCUT2D eigenvalue weighted by molar-refractivity contribution is 0.256. The predicted molar refractivity (Wildman–Crippen MR) is 83.2 cm³/mol. The summed E-state index contributed by atoms with van der Waals surface area (Å²) in [5.74, 6) is 0. The number of anilines is 1. The van der Waals surface area contributed by atoms with E-state index in [9.17, 15) is 0 Å². The van der Waals surface area contributed by atoms with Gasteiger partial charge in [0.1, 0.15) is 0 Å². The van der Waals surface area contributed by atoms with E-state index in [-0.39, 0.29) is 0 Å². The molecule has 5 nitrogen and oxygen atoms in total. The summed E-state index contributed by atoms with van der Waals surface area (Å²) in [5, 5.41) is 3.58. The van der Waals surface area contributed by atoms with Crippen molar-refractivity contribution in [3.63, 3.8) is 0 Å². The topological polar surface area (TPSA) is 55.2 Å². The van der Waals surface area contributed by atoms with Crippen LogP contribution in [0.3, 0.4) is 0 Å². The maximum atomic E-state index is 8.24. The van der Waals surface area contributed by atoms with E-state index < -0.39 is 0 Å². The van der Waals surface area contributed by atoms with Crippen molar-refractivity contribution in [1.29, 1.82) is 0 Å². The van der Waals surface area contributed by atoms with Crippen LogP contribution in [-0.2, 0) is 0 Å². The third-order valence-corrected chi connectivity index (χ3v) is 4.02. The van der Waals surface area contributed by atoms with Crippen LogP contribution in [0.15, 0.2) is 23.3 Å². The van der Waals surface area contributed by atoms with E-state index in [2.05, 4.69) is 51.9 Å². The second-order valence-electron chi connectivity index (χ2n) is 5.41. The molecule has 0 radical (unpaired) electrons. The molecule has 0 aliphatic carbocycles. The molecule has 1 saturated heterocycles. The first-order valence-corrected chi connectivity index (χ1v) is 7.26. The van der Waals surface area contributed by atoms with Crippen LogP contribution >= 0.6 is 0 Å². The van der Waals surface area contributed by atoms with Crippen LogP contribution in [-0.4, -0.2) is 44.2 Å². The molecule has 1 fully saturated rings. The van der Waals surface area contributed by atoms with Crippen molar-refractivity contribution in [2.24, 2.45) is 5.11 Å². The van der Waals surface area contributed by atoms with Gasteiger partial charge in [-0.1, -0.05) is 11.2 Å². The summed E-state index contributed by atoms with van der Waals surface area (Å²) in [4.78, 5) is 7.69. The molecule has 0 atom stereocenters. The minimum atomic E-state index is 0.605. The van der Waals surface area contributed by atoms with Crippen LogP contribution < -0.4 is 4.90 Å². The molecule has 1 aliphatic heterocycles. The highest BCUT2D eigenvalue weighted by molar-refractivity contribution is 5.51. The zero-order valence-corrected chi connectivity index (χ0v) is 12.4. The normalized spacial score (nSPS) is 16.0. The summed E-state index contributed by atoms with van der Waals surface area (Å²) in [7, 11) is 0. The van der Waals surface area contributed by atoms with E-state index in [0.29, 0.717) is 6.54 Å². The second-order valence-corrected chi connectivity index (χ2v) is 5.41. The Morgan fingerprint density at radius 2 is 1.90 bits per heavy atom. The number of benzene rings is 1. The molecule has 108 valence electrons. The van der Waals surface area contributed by atoms with Crippen molar-refractivity contribution in [2.45, 2.75) is 20.3 Å². The highest BCUT2D eigenvalue weighted by Crippen LogP contribution is 2.20. The molecule has 0 aromatic heterocycles. The highest BCUT2D eigenvalue weighted by atomic mass is 15.3. The van der Waals surface area contributed by atoms with Crippen LogP contribution in [0.5, 0.6) is 0 Å². The SMILES string of the molecule is Cc1ccc(N2CCN(CCCN=[N+]=[N-])CC2)cc1C. The van der Waals surface area contributed by atoms with Crippen LogP contribution in [0, 0.1) is 13.8 Å². The molecular formula is C15H23N5. The van der Waals surface area contributed by atoms with Crippen molar-refractivity contribution in [1.82, 2.24) is 4.90 Å². The minimum absolute atomic E-state index is 0.605. The molecule has 1 aliphatic rings. The fraction of sp³-hybridized carbons (Fsp3) is 0.600. The Morgan fingerprint density at radius 3 is 2.55 bits per heavy atom. The number of aryl methyl sites for hydroxylation is 2. The number of rotatable bonds is 5. The number of azide groups is 1. The van der Waals surface area contributed by atoms with Crippen LogP contribution in [0.1, 0.15) is 17.5 Å². The molecule has 1 aromatic rings. The standard InChI is InChI=1S/C15H23N5/c1-13-4-5-15(12-14(13)2)20-10-8-19(9-11-20)7-3-6-17-18-16/h4-5,12H,3,6-11H2,1-2H3. The van der Waals surface area contributed by atoms with Gasteiger partial charge in [-0.3, -0.25) is 4.90 Å². The van der Waals surface area contributed by atoms with E-state index in [1.807, 2.05) is 0 Å². The Hall–Kier alpha value is -1.71. The predicted octanol–water partition coefficient (Wildman–Crippen LogP) is 3.13. The van der Waals surface area contributed by atoms with Gasteiger partial charge in [0.25, 0.3) is 0 Å². The Balaban J connectivity index is 1.81. The summed E-state index contributed by atoms with van der Waals surface area (Å²) in [6.45, 7) is 10.3. The van der Waals surface area contributed by atoms with Gasteiger partial charge in [-0.15, -0.1) is 0 Å². The number of hydrogen-bond acceptors (Lipinski definition) is 3. The lowest BCUT2D eigenvalue weighted by atomic mass is 10.1. The van der Waals surface area contributed by atoms with Crippen molar-refractivity contribution >= 4 is 5.69 Å².